The van der Waals surface area contributed by atoms with Gasteiger partial charge in [-0.25, -0.2) is 13.1 Å². The first-order chi connectivity index (χ1) is 10.2. The highest BCUT2D eigenvalue weighted by molar-refractivity contribution is 7.91. The third-order valence-electron chi connectivity index (χ3n) is 4.67. The number of rotatable bonds is 4. The number of H-pyrrole nitrogens is 1. The number of hydrogen-bond acceptors (Lipinski definition) is 4. The highest BCUT2D eigenvalue weighted by Gasteiger charge is 2.51. The van der Waals surface area contributed by atoms with Crippen LogP contribution in [0.15, 0.2) is 6.20 Å². The lowest BCUT2D eigenvalue weighted by atomic mass is 9.83. The topological polar surface area (TPSA) is 78.1 Å². The number of aromatic amines is 1. The molecule has 0 aromatic carbocycles. The minimum absolute atomic E-state index is 0.430. The van der Waals surface area contributed by atoms with Crippen LogP contribution >= 0.6 is 0 Å². The van der Waals surface area contributed by atoms with Gasteiger partial charge in [-0.3, -0.25) is 10.00 Å². The maximum Gasteiger partial charge on any atom is 0.219 e. The Morgan fingerprint density at radius 3 is 2.73 bits per heavy atom. The zero-order chi connectivity index (χ0) is 16.0. The summed E-state index contributed by atoms with van der Waals surface area (Å²) in [5.41, 5.74) is 1.96. The van der Waals surface area contributed by atoms with E-state index >= 15 is 0 Å². The van der Waals surface area contributed by atoms with Crippen molar-refractivity contribution in [2.75, 3.05) is 13.1 Å². The van der Waals surface area contributed by atoms with Crippen molar-refractivity contribution < 1.29 is 8.42 Å². The zero-order valence-corrected chi connectivity index (χ0v) is 14.5. The molecule has 124 valence electrons. The van der Waals surface area contributed by atoms with Crippen LogP contribution in [-0.4, -0.2) is 46.9 Å². The predicted octanol–water partition coefficient (Wildman–Crippen LogP) is 1.41. The first kappa shape index (κ1) is 16.0. The average Bonchev–Trinajstić information content (AvgIpc) is 2.77. The monoisotopic (exact) mass is 326 g/mol. The van der Waals surface area contributed by atoms with E-state index in [2.05, 4.69) is 19.8 Å². The van der Waals surface area contributed by atoms with Crippen LogP contribution in [0.3, 0.4) is 0 Å². The molecule has 3 rings (SSSR count). The van der Waals surface area contributed by atoms with Crippen LogP contribution in [0, 0.1) is 0 Å². The Kier molecular flexibility index (Phi) is 3.86. The number of nitrogens with one attached hydrogen (secondary N) is 2. The first-order valence-corrected chi connectivity index (χ1v) is 9.46. The van der Waals surface area contributed by atoms with E-state index < -0.39 is 20.3 Å². The largest absolute Gasteiger partial charge is 0.297 e. The Hall–Kier alpha value is -0.920. The summed E-state index contributed by atoms with van der Waals surface area (Å²) in [4.78, 5) is 2.26. The lowest BCUT2D eigenvalue weighted by Gasteiger charge is -2.45. The molecule has 0 saturated heterocycles. The molecule has 1 saturated carbocycles. The van der Waals surface area contributed by atoms with Gasteiger partial charge in [0.05, 0.1) is 10.9 Å². The van der Waals surface area contributed by atoms with Crippen molar-refractivity contribution in [3.63, 3.8) is 0 Å². The molecule has 7 heteroatoms. The van der Waals surface area contributed by atoms with Crippen LogP contribution in [0.25, 0.3) is 0 Å². The minimum atomic E-state index is -3.32. The maximum atomic E-state index is 12.9. The Balaban J connectivity index is 1.75. The quantitative estimate of drug-likeness (QED) is 0.877. The number of fused-ring (bicyclic) bond motifs is 1. The molecule has 0 bridgehead atoms. The van der Waals surface area contributed by atoms with Gasteiger partial charge in [0.15, 0.2) is 0 Å². The summed E-state index contributed by atoms with van der Waals surface area (Å²) in [5.74, 6) is 0. The molecule has 1 aromatic heterocycles. The summed E-state index contributed by atoms with van der Waals surface area (Å²) in [6, 6.07) is 0. The van der Waals surface area contributed by atoms with Gasteiger partial charge in [0.25, 0.3) is 0 Å². The van der Waals surface area contributed by atoms with Crippen molar-refractivity contribution in [3.05, 3.63) is 17.5 Å². The van der Waals surface area contributed by atoms with E-state index in [-0.39, 0.29) is 0 Å². The maximum absolute atomic E-state index is 12.9. The average molecular weight is 326 g/mol. The van der Waals surface area contributed by atoms with Crippen molar-refractivity contribution in [2.24, 2.45) is 0 Å². The van der Waals surface area contributed by atoms with Crippen LogP contribution in [0.5, 0.6) is 0 Å². The van der Waals surface area contributed by atoms with Gasteiger partial charge in [-0.1, -0.05) is 6.42 Å². The van der Waals surface area contributed by atoms with Gasteiger partial charge in [-0.05, 0) is 33.6 Å². The van der Waals surface area contributed by atoms with Crippen LogP contribution < -0.4 is 4.72 Å². The molecule has 1 fully saturated rings. The summed E-state index contributed by atoms with van der Waals surface area (Å²) in [5, 5.41) is 7.11. The van der Waals surface area contributed by atoms with Crippen LogP contribution in [0.1, 0.15) is 51.3 Å². The summed E-state index contributed by atoms with van der Waals surface area (Å²) in [6.07, 6.45) is 5.28. The molecular formula is C15H26N4O2S. The number of hydrogen-bond donors (Lipinski definition) is 2. The van der Waals surface area contributed by atoms with Crippen molar-refractivity contribution in [1.82, 2.24) is 19.8 Å². The van der Waals surface area contributed by atoms with Gasteiger partial charge in [-0.2, -0.15) is 5.10 Å². The van der Waals surface area contributed by atoms with Gasteiger partial charge >= 0.3 is 0 Å². The van der Waals surface area contributed by atoms with E-state index in [0.717, 1.165) is 38.8 Å². The molecule has 0 atom stereocenters. The predicted molar refractivity (Wildman–Crippen MR) is 86.0 cm³/mol. The molecule has 1 aromatic rings. The number of nitrogens with zero attached hydrogens (tertiary/aromatic N) is 2. The zero-order valence-electron chi connectivity index (χ0n) is 13.6. The fourth-order valence-corrected chi connectivity index (χ4v) is 5.62. The lowest BCUT2D eigenvalue weighted by molar-refractivity contribution is 0.178. The van der Waals surface area contributed by atoms with E-state index in [9.17, 15) is 8.42 Å². The molecule has 6 nitrogen and oxygen atoms in total. The van der Waals surface area contributed by atoms with Gasteiger partial charge in [0.2, 0.25) is 10.0 Å². The highest BCUT2D eigenvalue weighted by atomic mass is 32.2. The van der Waals surface area contributed by atoms with E-state index in [0.29, 0.717) is 6.54 Å². The summed E-state index contributed by atoms with van der Waals surface area (Å²) in [6.45, 7) is 7.99. The molecule has 0 radical (unpaired) electrons. The van der Waals surface area contributed by atoms with E-state index in [1.807, 2.05) is 27.0 Å². The van der Waals surface area contributed by atoms with Crippen LogP contribution in [-0.2, 0) is 23.0 Å². The molecule has 1 aliphatic heterocycles. The van der Waals surface area contributed by atoms with Crippen molar-refractivity contribution in [3.8, 4) is 0 Å². The third-order valence-corrected chi connectivity index (χ3v) is 7.23. The van der Waals surface area contributed by atoms with Crippen molar-refractivity contribution in [2.45, 2.75) is 63.3 Å². The highest BCUT2D eigenvalue weighted by Crippen LogP contribution is 2.40. The molecule has 2 heterocycles. The summed E-state index contributed by atoms with van der Waals surface area (Å²) >= 11 is 0. The summed E-state index contributed by atoms with van der Waals surface area (Å²) < 4.78 is 28.0. The first-order valence-electron chi connectivity index (χ1n) is 7.98. The molecule has 0 unspecified atom stereocenters. The smallest absolute Gasteiger partial charge is 0.219 e. The van der Waals surface area contributed by atoms with Gasteiger partial charge < -0.3 is 0 Å². The molecule has 2 aliphatic rings. The Morgan fingerprint density at radius 1 is 1.41 bits per heavy atom. The van der Waals surface area contributed by atoms with Crippen LogP contribution in [0.4, 0.5) is 0 Å². The minimum Gasteiger partial charge on any atom is -0.297 e. The van der Waals surface area contributed by atoms with Crippen molar-refractivity contribution >= 4 is 10.0 Å². The second-order valence-corrected chi connectivity index (χ2v) is 9.80. The third kappa shape index (κ3) is 2.94. The molecule has 0 spiro atoms. The van der Waals surface area contributed by atoms with Gasteiger partial charge in [0.1, 0.15) is 0 Å². The lowest BCUT2D eigenvalue weighted by Crippen LogP contribution is -2.60. The van der Waals surface area contributed by atoms with Crippen molar-refractivity contribution in [1.29, 1.82) is 0 Å². The number of sulfonamides is 1. The molecule has 1 aliphatic carbocycles. The number of aromatic nitrogens is 2. The van der Waals surface area contributed by atoms with Gasteiger partial charge in [-0.15, -0.1) is 0 Å². The standard InChI is InChI=1S/C15H26N4O2S/c1-14(2,3)18-22(20,21)15(6-4-7-15)11-19-8-5-13-12(10-19)9-16-17-13/h9,18H,4-8,10-11H2,1-3H3,(H,16,17). The fourth-order valence-electron chi connectivity index (χ4n) is 3.42. The molecule has 0 amide bonds. The van der Waals surface area contributed by atoms with Crippen LogP contribution in [0.2, 0.25) is 0 Å². The Morgan fingerprint density at radius 2 is 2.14 bits per heavy atom. The normalized spacial score (nSPS) is 22.1. The molecule has 2 N–H and O–H groups in total. The van der Waals surface area contributed by atoms with E-state index in [1.54, 1.807) is 0 Å². The second kappa shape index (κ2) is 5.32. The fraction of sp³-hybridized carbons (Fsp3) is 0.800. The second-order valence-electron chi connectivity index (χ2n) is 7.73. The Bertz CT molecular complexity index is 641. The Labute approximate surface area is 132 Å². The van der Waals surface area contributed by atoms with E-state index in [4.69, 9.17) is 0 Å². The van der Waals surface area contributed by atoms with E-state index in [1.165, 1.54) is 11.3 Å². The SMILES string of the molecule is CC(C)(C)NS(=O)(=O)C1(CN2CCc3[nH]ncc3C2)CCC1. The van der Waals surface area contributed by atoms with Gasteiger partial charge in [0, 0.05) is 42.9 Å². The molecule has 22 heavy (non-hydrogen) atoms. The summed E-state index contributed by atoms with van der Waals surface area (Å²) in [7, 11) is -3.32. The molecular weight excluding hydrogens is 300 g/mol.